The number of rotatable bonds is 12. The molecule has 0 bridgehead atoms. The number of methoxy groups -OCH3 is 1. The van der Waals surface area contributed by atoms with Crippen molar-refractivity contribution in [2.24, 2.45) is 5.73 Å². The van der Waals surface area contributed by atoms with Crippen LogP contribution in [0.3, 0.4) is 0 Å². The SMILES string of the molecule is C=Cc1cc(OCCOC)cc(C(Nc2ccc(C(=N)N)c(OC(C)=O)c2)c2nn(-c3ncccn3)c(=O)[nH]2)c1. The van der Waals surface area contributed by atoms with Crippen molar-refractivity contribution in [2.45, 2.75) is 13.0 Å². The molecule has 0 aliphatic carbocycles. The van der Waals surface area contributed by atoms with Crippen LogP contribution in [0.1, 0.15) is 35.5 Å². The number of ether oxygens (including phenoxy) is 3. The number of nitrogens with two attached hydrogens (primary N) is 1. The number of hydrogen-bond donors (Lipinski definition) is 4. The minimum atomic E-state index is -0.740. The summed E-state index contributed by atoms with van der Waals surface area (Å²) in [7, 11) is 1.58. The zero-order valence-electron chi connectivity index (χ0n) is 21.9. The first kappa shape index (κ1) is 27.7. The lowest BCUT2D eigenvalue weighted by Crippen LogP contribution is -2.18. The van der Waals surface area contributed by atoms with E-state index in [4.69, 9.17) is 25.4 Å². The topological polar surface area (TPSA) is 183 Å². The highest BCUT2D eigenvalue weighted by atomic mass is 16.5. The number of amidine groups is 1. The van der Waals surface area contributed by atoms with Crippen LogP contribution in [0.2, 0.25) is 0 Å². The fourth-order valence-electron chi connectivity index (χ4n) is 3.81. The molecule has 13 heteroatoms. The molecule has 1 atom stereocenters. The van der Waals surface area contributed by atoms with Gasteiger partial charge in [-0.05, 0) is 47.5 Å². The average molecular weight is 545 g/mol. The summed E-state index contributed by atoms with van der Waals surface area (Å²) in [5.41, 5.74) is 7.30. The van der Waals surface area contributed by atoms with Crippen molar-refractivity contribution in [3.05, 3.63) is 94.4 Å². The van der Waals surface area contributed by atoms with E-state index < -0.39 is 17.7 Å². The Morgan fingerprint density at radius 2 is 2.00 bits per heavy atom. The summed E-state index contributed by atoms with van der Waals surface area (Å²) in [6, 6.07) is 11.1. The van der Waals surface area contributed by atoms with Gasteiger partial charge in [-0.2, -0.15) is 0 Å². The van der Waals surface area contributed by atoms with Crippen LogP contribution in [-0.2, 0) is 9.53 Å². The van der Waals surface area contributed by atoms with E-state index in [2.05, 4.69) is 31.9 Å². The van der Waals surface area contributed by atoms with Crippen molar-refractivity contribution in [1.82, 2.24) is 24.7 Å². The van der Waals surface area contributed by atoms with Crippen molar-refractivity contribution >= 4 is 23.6 Å². The number of hydrogen-bond acceptors (Lipinski definition) is 10. The largest absolute Gasteiger partial charge is 0.491 e. The zero-order chi connectivity index (χ0) is 28.6. The Morgan fingerprint density at radius 1 is 1.23 bits per heavy atom. The molecule has 0 radical (unpaired) electrons. The Morgan fingerprint density at radius 3 is 2.67 bits per heavy atom. The van der Waals surface area contributed by atoms with Gasteiger partial charge in [0.2, 0.25) is 0 Å². The molecular formula is C27H28N8O5. The van der Waals surface area contributed by atoms with Gasteiger partial charge in [0.15, 0.2) is 5.82 Å². The van der Waals surface area contributed by atoms with Gasteiger partial charge in [0.05, 0.1) is 12.2 Å². The molecule has 2 aromatic carbocycles. The minimum absolute atomic E-state index is 0.0973. The third-order valence-corrected chi connectivity index (χ3v) is 5.56. The number of carbonyl (C=O) groups is 1. The first-order chi connectivity index (χ1) is 19.3. The van der Waals surface area contributed by atoms with Crippen LogP contribution >= 0.6 is 0 Å². The third kappa shape index (κ3) is 6.57. The zero-order valence-corrected chi connectivity index (χ0v) is 21.9. The number of nitrogens with one attached hydrogen (secondary N) is 3. The summed E-state index contributed by atoms with van der Waals surface area (Å²) in [5.74, 6) is 0.160. The molecule has 0 amide bonds. The van der Waals surface area contributed by atoms with Crippen LogP contribution in [0.15, 0.2) is 66.2 Å². The predicted octanol–water partition coefficient (Wildman–Crippen LogP) is 2.43. The lowest BCUT2D eigenvalue weighted by atomic mass is 10.0. The lowest BCUT2D eigenvalue weighted by Gasteiger charge is -2.21. The van der Waals surface area contributed by atoms with E-state index in [1.54, 1.807) is 37.5 Å². The number of esters is 1. The molecule has 0 aliphatic heterocycles. The van der Waals surface area contributed by atoms with Crippen molar-refractivity contribution in [1.29, 1.82) is 5.41 Å². The second kappa shape index (κ2) is 12.5. The number of aromatic amines is 1. The molecule has 206 valence electrons. The molecule has 0 spiro atoms. The Balaban J connectivity index is 1.82. The Labute approximate surface area is 229 Å². The second-order valence-electron chi connectivity index (χ2n) is 8.45. The van der Waals surface area contributed by atoms with Gasteiger partial charge in [-0.15, -0.1) is 9.78 Å². The van der Waals surface area contributed by atoms with Gasteiger partial charge in [-0.3, -0.25) is 15.2 Å². The molecule has 0 saturated heterocycles. The summed E-state index contributed by atoms with van der Waals surface area (Å²) in [6.45, 7) is 5.84. The van der Waals surface area contributed by atoms with E-state index in [-0.39, 0.29) is 28.9 Å². The van der Waals surface area contributed by atoms with Crippen molar-refractivity contribution < 1.29 is 19.0 Å². The van der Waals surface area contributed by atoms with Gasteiger partial charge in [0.1, 0.15) is 30.0 Å². The van der Waals surface area contributed by atoms with Crippen LogP contribution in [0.25, 0.3) is 12.0 Å². The number of nitrogens with zero attached hydrogens (tertiary/aromatic N) is 4. The van der Waals surface area contributed by atoms with Gasteiger partial charge in [-0.25, -0.2) is 14.8 Å². The van der Waals surface area contributed by atoms with E-state index in [9.17, 15) is 9.59 Å². The number of anilines is 1. The maximum absolute atomic E-state index is 12.9. The van der Waals surface area contributed by atoms with Crippen LogP contribution in [0.4, 0.5) is 5.69 Å². The smallest absolute Gasteiger partial charge is 0.350 e. The minimum Gasteiger partial charge on any atom is -0.491 e. The molecule has 40 heavy (non-hydrogen) atoms. The van der Waals surface area contributed by atoms with E-state index in [0.29, 0.717) is 30.2 Å². The average Bonchev–Trinajstić information content (AvgIpc) is 3.32. The summed E-state index contributed by atoms with van der Waals surface area (Å²) in [4.78, 5) is 35.6. The maximum atomic E-state index is 12.9. The number of H-pyrrole nitrogens is 1. The predicted molar refractivity (Wildman–Crippen MR) is 148 cm³/mol. The number of nitrogen functional groups attached to an aromatic ring is 1. The Hall–Kier alpha value is -5.30. The van der Waals surface area contributed by atoms with Gasteiger partial charge in [0.25, 0.3) is 5.95 Å². The van der Waals surface area contributed by atoms with Crippen molar-refractivity contribution in [3.8, 4) is 17.4 Å². The van der Waals surface area contributed by atoms with E-state index in [0.717, 1.165) is 10.2 Å². The summed E-state index contributed by atoms with van der Waals surface area (Å²) < 4.78 is 17.3. The normalized spacial score (nSPS) is 11.4. The molecule has 13 nitrogen and oxygen atoms in total. The Kier molecular flexibility index (Phi) is 8.66. The van der Waals surface area contributed by atoms with Crippen molar-refractivity contribution in [2.75, 3.05) is 25.6 Å². The van der Waals surface area contributed by atoms with E-state index >= 15 is 0 Å². The summed E-state index contributed by atoms with van der Waals surface area (Å²) in [5, 5.41) is 15.6. The van der Waals surface area contributed by atoms with Crippen LogP contribution in [-0.4, -0.2) is 56.9 Å². The van der Waals surface area contributed by atoms with E-state index in [1.165, 1.54) is 25.4 Å². The lowest BCUT2D eigenvalue weighted by molar-refractivity contribution is -0.131. The molecule has 4 rings (SSSR count). The Bertz CT molecular complexity index is 1580. The number of carbonyl (C=O) groups excluding carboxylic acids is 1. The highest BCUT2D eigenvalue weighted by Gasteiger charge is 2.23. The standard InChI is InChI=1S/C27H28N8O5/c1-4-17-12-18(14-20(13-17)39-11-10-38-3)23(25-33-27(37)35(34-25)26-30-8-5-9-31-26)32-19-6-7-21(24(28)29)22(15-19)40-16(2)36/h4-9,12-15,23,32H,1,10-11H2,2-3H3,(H3,28,29)(H,33,34,37). The van der Waals surface area contributed by atoms with Gasteiger partial charge in [-0.1, -0.05) is 12.7 Å². The van der Waals surface area contributed by atoms with Crippen LogP contribution in [0, 0.1) is 5.41 Å². The maximum Gasteiger partial charge on any atom is 0.350 e. The highest BCUT2D eigenvalue weighted by molar-refractivity contribution is 5.98. The first-order valence-electron chi connectivity index (χ1n) is 12.1. The molecule has 1 unspecified atom stereocenters. The number of benzene rings is 2. The second-order valence-corrected chi connectivity index (χ2v) is 8.45. The fraction of sp³-hybridized carbons (Fsp3) is 0.185. The van der Waals surface area contributed by atoms with Gasteiger partial charge in [0, 0.05) is 38.2 Å². The van der Waals surface area contributed by atoms with E-state index in [1.807, 2.05) is 12.1 Å². The quantitative estimate of drug-likeness (QED) is 0.0679. The first-order valence-corrected chi connectivity index (χ1v) is 12.1. The highest BCUT2D eigenvalue weighted by Crippen LogP contribution is 2.31. The van der Waals surface area contributed by atoms with Gasteiger partial charge < -0.3 is 25.3 Å². The monoisotopic (exact) mass is 544 g/mol. The van der Waals surface area contributed by atoms with Crippen LogP contribution < -0.4 is 26.2 Å². The molecule has 0 saturated carbocycles. The molecule has 0 fully saturated rings. The third-order valence-electron chi connectivity index (χ3n) is 5.56. The molecule has 0 aliphatic rings. The fourth-order valence-corrected chi connectivity index (χ4v) is 3.81. The summed E-state index contributed by atoms with van der Waals surface area (Å²) in [6.07, 6.45) is 4.68. The molecule has 2 aromatic heterocycles. The van der Waals surface area contributed by atoms with Crippen LogP contribution in [0.5, 0.6) is 11.5 Å². The molecule has 4 aromatic rings. The molecule has 2 heterocycles. The van der Waals surface area contributed by atoms with Gasteiger partial charge >= 0.3 is 11.7 Å². The molecular weight excluding hydrogens is 516 g/mol. The van der Waals surface area contributed by atoms with Crippen molar-refractivity contribution in [3.63, 3.8) is 0 Å². The molecule has 5 N–H and O–H groups in total. The summed E-state index contributed by atoms with van der Waals surface area (Å²) >= 11 is 0. The number of aromatic nitrogens is 5.